The van der Waals surface area contributed by atoms with Crippen LogP contribution in [0.5, 0.6) is 0 Å². The Kier molecular flexibility index (Phi) is 6.35. The van der Waals surface area contributed by atoms with E-state index in [1.165, 1.54) is 0 Å². The second kappa shape index (κ2) is 11.3. The number of hydrogen-bond donors (Lipinski definition) is 0. The predicted molar refractivity (Wildman–Crippen MR) is 199 cm³/mol. The van der Waals surface area contributed by atoms with Crippen LogP contribution in [0, 0.1) is 0 Å². The molecule has 10 aromatic rings. The molecule has 0 saturated heterocycles. The minimum absolute atomic E-state index is 0.589. The molecular weight excluding hydrogens is 617 g/mol. The molecule has 10 rings (SSSR count). The third-order valence-corrected chi connectivity index (χ3v) is 9.21. The number of benzene rings is 6. The topological polar surface area (TPSA) is 82.5 Å². The van der Waals surface area contributed by atoms with Gasteiger partial charge in [0, 0.05) is 38.5 Å². The van der Waals surface area contributed by atoms with Crippen LogP contribution >= 0.6 is 0 Å². The fourth-order valence-corrected chi connectivity index (χ4v) is 6.90. The average molecular weight is 643 g/mol. The number of fused-ring (bicyclic) bond motifs is 6. The van der Waals surface area contributed by atoms with Crippen LogP contribution in [0.25, 0.3) is 94.9 Å². The van der Waals surface area contributed by atoms with E-state index in [9.17, 15) is 0 Å². The van der Waals surface area contributed by atoms with E-state index in [2.05, 4.69) is 58.1 Å². The van der Waals surface area contributed by atoms with E-state index < -0.39 is 0 Å². The molecule has 0 bridgehead atoms. The first-order valence-electron chi connectivity index (χ1n) is 16.4. The Morgan fingerprint density at radius 2 is 1.12 bits per heavy atom. The van der Waals surface area contributed by atoms with Gasteiger partial charge in [-0.15, -0.1) is 0 Å². The van der Waals surface area contributed by atoms with Gasteiger partial charge in [0.1, 0.15) is 17.5 Å². The van der Waals surface area contributed by atoms with Crippen LogP contribution in [0.2, 0.25) is 0 Å². The molecule has 234 valence electrons. The van der Waals surface area contributed by atoms with Gasteiger partial charge in [0.15, 0.2) is 17.5 Å². The highest BCUT2D eigenvalue weighted by molar-refractivity contribution is 6.13. The quantitative estimate of drug-likeness (QED) is 0.186. The van der Waals surface area contributed by atoms with Crippen molar-refractivity contribution >= 4 is 43.9 Å². The molecule has 0 aliphatic rings. The molecule has 50 heavy (non-hydrogen) atoms. The molecule has 0 aliphatic carbocycles. The van der Waals surface area contributed by atoms with Crippen molar-refractivity contribution in [3.05, 3.63) is 158 Å². The summed E-state index contributed by atoms with van der Waals surface area (Å²) < 4.78 is 8.64. The number of aromatic nitrogens is 6. The molecule has 0 radical (unpaired) electrons. The summed E-state index contributed by atoms with van der Waals surface area (Å²) in [6, 6.07) is 49.4. The van der Waals surface area contributed by atoms with Crippen molar-refractivity contribution < 1.29 is 4.42 Å². The minimum atomic E-state index is 0.589. The number of rotatable bonds is 5. The molecule has 0 spiro atoms. The van der Waals surface area contributed by atoms with E-state index in [1.54, 1.807) is 6.33 Å². The Morgan fingerprint density at radius 3 is 1.84 bits per heavy atom. The van der Waals surface area contributed by atoms with E-state index in [1.807, 2.05) is 103 Å². The third-order valence-electron chi connectivity index (χ3n) is 9.21. The minimum Gasteiger partial charge on any atom is -0.456 e. The molecule has 0 fully saturated rings. The highest BCUT2D eigenvalue weighted by atomic mass is 16.3. The Bertz CT molecular complexity index is 2810. The van der Waals surface area contributed by atoms with Gasteiger partial charge >= 0.3 is 0 Å². The van der Waals surface area contributed by atoms with Crippen LogP contribution in [0.15, 0.2) is 163 Å². The van der Waals surface area contributed by atoms with Crippen molar-refractivity contribution in [1.82, 2.24) is 29.5 Å². The van der Waals surface area contributed by atoms with Crippen LogP contribution in [0.1, 0.15) is 0 Å². The molecule has 0 saturated carbocycles. The maximum absolute atomic E-state index is 6.42. The predicted octanol–water partition coefficient (Wildman–Crippen LogP) is 10.3. The molecule has 7 nitrogen and oxygen atoms in total. The number of nitrogens with zero attached hydrogens (tertiary/aromatic N) is 6. The maximum atomic E-state index is 6.42. The van der Waals surface area contributed by atoms with Gasteiger partial charge in [0.05, 0.1) is 22.7 Å². The standard InChI is InChI=1S/C43H26N6O/c1-4-11-27(12-5-1)41-46-42(28-13-6-2-7-14-28)48-43(47-41)32-17-10-18-38-39(32)34-24-30(20-22-37(34)50-38)29-19-21-35-33(23-29)40-36(25-44-26-45-40)49(35)31-15-8-3-9-16-31/h1-26H. The van der Waals surface area contributed by atoms with Crippen molar-refractivity contribution in [2.75, 3.05) is 0 Å². The Balaban J connectivity index is 1.16. The van der Waals surface area contributed by atoms with Gasteiger partial charge in [0.2, 0.25) is 0 Å². The zero-order valence-corrected chi connectivity index (χ0v) is 26.6. The maximum Gasteiger partial charge on any atom is 0.164 e. The lowest BCUT2D eigenvalue weighted by Gasteiger charge is -2.09. The summed E-state index contributed by atoms with van der Waals surface area (Å²) in [5.74, 6) is 1.82. The van der Waals surface area contributed by atoms with Crippen molar-refractivity contribution in [3.8, 4) is 51.0 Å². The molecule has 4 heterocycles. The lowest BCUT2D eigenvalue weighted by Crippen LogP contribution is -2.00. The molecule has 0 atom stereocenters. The van der Waals surface area contributed by atoms with Gasteiger partial charge in [-0.25, -0.2) is 24.9 Å². The molecular formula is C43H26N6O. The summed E-state index contributed by atoms with van der Waals surface area (Å²) >= 11 is 0. The van der Waals surface area contributed by atoms with Crippen LogP contribution < -0.4 is 0 Å². The van der Waals surface area contributed by atoms with Crippen molar-refractivity contribution in [2.24, 2.45) is 0 Å². The zero-order valence-electron chi connectivity index (χ0n) is 26.6. The van der Waals surface area contributed by atoms with Gasteiger partial charge in [0.25, 0.3) is 0 Å². The number of hydrogen-bond acceptors (Lipinski definition) is 6. The van der Waals surface area contributed by atoms with Gasteiger partial charge in [-0.3, -0.25) is 0 Å². The monoisotopic (exact) mass is 642 g/mol. The number of furan rings is 1. The van der Waals surface area contributed by atoms with Crippen LogP contribution in [0.4, 0.5) is 0 Å². The van der Waals surface area contributed by atoms with Gasteiger partial charge in [-0.2, -0.15) is 0 Å². The summed E-state index contributed by atoms with van der Waals surface area (Å²) in [7, 11) is 0. The SMILES string of the molecule is c1ccc(-c2nc(-c3ccccc3)nc(-c3cccc4oc5ccc(-c6ccc7c(c6)c6ncncc6n7-c6ccccc6)cc5c34)n2)cc1. The first-order valence-corrected chi connectivity index (χ1v) is 16.4. The molecule has 7 heteroatoms. The highest BCUT2D eigenvalue weighted by Crippen LogP contribution is 2.39. The Morgan fingerprint density at radius 1 is 0.480 bits per heavy atom. The fraction of sp³-hybridized carbons (Fsp3) is 0. The van der Waals surface area contributed by atoms with Gasteiger partial charge in [-0.1, -0.05) is 103 Å². The second-order valence-corrected chi connectivity index (χ2v) is 12.2. The third kappa shape index (κ3) is 4.56. The number of para-hydroxylation sites is 1. The summed E-state index contributed by atoms with van der Waals surface area (Å²) in [5.41, 5.74) is 10.5. The van der Waals surface area contributed by atoms with E-state index in [4.69, 9.17) is 24.4 Å². The first-order chi connectivity index (χ1) is 24.8. The van der Waals surface area contributed by atoms with Crippen molar-refractivity contribution in [2.45, 2.75) is 0 Å². The average Bonchev–Trinajstić information content (AvgIpc) is 3.74. The van der Waals surface area contributed by atoms with Crippen LogP contribution in [-0.4, -0.2) is 29.5 Å². The molecule has 0 aliphatic heterocycles. The van der Waals surface area contributed by atoms with Crippen LogP contribution in [0.3, 0.4) is 0 Å². The van der Waals surface area contributed by atoms with E-state index >= 15 is 0 Å². The second-order valence-electron chi connectivity index (χ2n) is 12.2. The fourth-order valence-electron chi connectivity index (χ4n) is 6.90. The van der Waals surface area contributed by atoms with E-state index in [0.717, 1.165) is 77.4 Å². The lowest BCUT2D eigenvalue weighted by molar-refractivity contribution is 0.669. The first kappa shape index (κ1) is 28.1. The van der Waals surface area contributed by atoms with E-state index in [-0.39, 0.29) is 0 Å². The Hall–Kier alpha value is -6.99. The Labute approximate surface area is 286 Å². The van der Waals surface area contributed by atoms with E-state index in [0.29, 0.717) is 17.5 Å². The molecule has 0 amide bonds. The molecule has 4 aromatic heterocycles. The summed E-state index contributed by atoms with van der Waals surface area (Å²) in [6.07, 6.45) is 3.50. The molecule has 0 unspecified atom stereocenters. The largest absolute Gasteiger partial charge is 0.456 e. The van der Waals surface area contributed by atoms with Crippen LogP contribution in [-0.2, 0) is 0 Å². The summed E-state index contributed by atoms with van der Waals surface area (Å²) in [4.78, 5) is 24.0. The smallest absolute Gasteiger partial charge is 0.164 e. The lowest BCUT2D eigenvalue weighted by atomic mass is 9.99. The summed E-state index contributed by atoms with van der Waals surface area (Å²) in [5, 5.41) is 3.02. The normalized spacial score (nSPS) is 11.6. The van der Waals surface area contributed by atoms with Crippen molar-refractivity contribution in [3.63, 3.8) is 0 Å². The molecule has 6 aromatic carbocycles. The van der Waals surface area contributed by atoms with Gasteiger partial charge in [-0.05, 0) is 53.6 Å². The zero-order chi connectivity index (χ0) is 33.0. The highest BCUT2D eigenvalue weighted by Gasteiger charge is 2.19. The van der Waals surface area contributed by atoms with Gasteiger partial charge < -0.3 is 8.98 Å². The summed E-state index contributed by atoms with van der Waals surface area (Å²) in [6.45, 7) is 0. The van der Waals surface area contributed by atoms with Crippen molar-refractivity contribution in [1.29, 1.82) is 0 Å². The molecule has 0 N–H and O–H groups in total.